The lowest BCUT2D eigenvalue weighted by Crippen LogP contribution is -2.35. The summed E-state index contributed by atoms with van der Waals surface area (Å²) in [5.74, 6) is 0.632. The predicted octanol–water partition coefficient (Wildman–Crippen LogP) is 3.00. The molecule has 18 heavy (non-hydrogen) atoms. The van der Waals surface area contributed by atoms with E-state index >= 15 is 0 Å². The first kappa shape index (κ1) is 16.5. The molecule has 0 bridgehead atoms. The van der Waals surface area contributed by atoms with Gasteiger partial charge >= 0.3 is 5.97 Å². The van der Waals surface area contributed by atoms with Gasteiger partial charge in [0.05, 0.1) is 18.1 Å². The molecular weight excluding hydrogens is 460 g/mol. The van der Waals surface area contributed by atoms with E-state index in [4.69, 9.17) is 9.47 Å². The highest BCUT2D eigenvalue weighted by molar-refractivity contribution is 14.1. The van der Waals surface area contributed by atoms with Crippen molar-refractivity contribution in [2.75, 3.05) is 22.6 Å². The highest BCUT2D eigenvalue weighted by atomic mass is 127. The van der Waals surface area contributed by atoms with Crippen LogP contribution < -0.4 is 0 Å². The van der Waals surface area contributed by atoms with Crippen LogP contribution in [0.2, 0.25) is 0 Å². The maximum Gasteiger partial charge on any atom is 0.305 e. The number of rotatable bonds is 6. The Morgan fingerprint density at radius 1 is 1.50 bits per heavy atom. The average Bonchev–Trinajstić information content (AvgIpc) is 2.72. The zero-order valence-electron chi connectivity index (χ0n) is 11.0. The second-order valence-electron chi connectivity index (χ2n) is 5.14. The van der Waals surface area contributed by atoms with Crippen molar-refractivity contribution in [3.63, 3.8) is 0 Å². The van der Waals surface area contributed by atoms with Crippen LogP contribution in [0.1, 0.15) is 26.7 Å². The summed E-state index contributed by atoms with van der Waals surface area (Å²) in [7, 11) is 1.42. The van der Waals surface area contributed by atoms with E-state index < -0.39 is 0 Å². The fourth-order valence-corrected chi connectivity index (χ4v) is 4.68. The first-order chi connectivity index (χ1) is 8.39. The van der Waals surface area contributed by atoms with Gasteiger partial charge in [-0.15, -0.1) is 0 Å². The summed E-state index contributed by atoms with van der Waals surface area (Å²) >= 11 is 4.69. The van der Waals surface area contributed by atoms with Crippen molar-refractivity contribution >= 4 is 57.0 Å². The molecule has 0 spiro atoms. The number of carbonyl (C=O) groups is 1. The van der Waals surface area contributed by atoms with Crippen LogP contribution in [0.25, 0.3) is 0 Å². The lowest BCUT2D eigenvalue weighted by molar-refractivity contribution is -0.141. The molecule has 0 fully saturated rings. The smallest absolute Gasteiger partial charge is 0.305 e. The molecule has 0 aromatic heterocycles. The molecule has 1 aliphatic rings. The van der Waals surface area contributed by atoms with E-state index in [0.717, 1.165) is 21.2 Å². The van der Waals surface area contributed by atoms with Gasteiger partial charge in [-0.1, -0.05) is 45.2 Å². The zero-order valence-corrected chi connectivity index (χ0v) is 15.3. The lowest BCUT2D eigenvalue weighted by atomic mass is 9.87. The van der Waals surface area contributed by atoms with Crippen LogP contribution in [0.15, 0.2) is 4.99 Å². The number of methoxy groups -OCH3 is 1. The number of esters is 1. The van der Waals surface area contributed by atoms with Crippen molar-refractivity contribution in [1.29, 1.82) is 0 Å². The fourth-order valence-electron chi connectivity index (χ4n) is 1.69. The quantitative estimate of drug-likeness (QED) is 0.335. The van der Waals surface area contributed by atoms with Crippen molar-refractivity contribution in [2.45, 2.75) is 32.2 Å². The van der Waals surface area contributed by atoms with E-state index in [1.54, 1.807) is 0 Å². The van der Waals surface area contributed by atoms with Crippen LogP contribution in [0, 0.1) is 5.41 Å². The van der Waals surface area contributed by atoms with Crippen LogP contribution in [0.4, 0.5) is 0 Å². The van der Waals surface area contributed by atoms with Crippen molar-refractivity contribution in [2.24, 2.45) is 10.4 Å². The fraction of sp³-hybridized carbons (Fsp3) is 0.833. The number of hydrogen-bond donors (Lipinski definition) is 0. The number of nitrogens with zero attached hydrogens (tertiary/aromatic N) is 1. The van der Waals surface area contributed by atoms with Crippen LogP contribution in [-0.4, -0.2) is 40.0 Å². The van der Waals surface area contributed by atoms with E-state index in [1.165, 1.54) is 7.11 Å². The molecule has 0 aliphatic carbocycles. The van der Waals surface area contributed by atoms with Crippen molar-refractivity contribution in [3.8, 4) is 0 Å². The summed E-state index contributed by atoms with van der Waals surface area (Å²) in [5, 5.41) is 0. The molecule has 0 atom stereocenters. The molecule has 1 rings (SSSR count). The molecule has 0 aromatic rings. The van der Waals surface area contributed by atoms with Gasteiger partial charge in [0.2, 0.25) is 0 Å². The standard InChI is InChI=1S/C12H19I2NO3/c1-11(2)8-18-10(15-11)12(6-13,7-14)5-4-9(16)17-3/h4-8H2,1-3H3. The third kappa shape index (κ3) is 3.94. The van der Waals surface area contributed by atoms with Crippen LogP contribution >= 0.6 is 45.2 Å². The van der Waals surface area contributed by atoms with Gasteiger partial charge < -0.3 is 9.47 Å². The Bertz CT molecular complexity index is 338. The minimum atomic E-state index is -0.174. The average molecular weight is 479 g/mol. The van der Waals surface area contributed by atoms with Gasteiger partial charge in [0.25, 0.3) is 0 Å². The summed E-state index contributed by atoms with van der Waals surface area (Å²) in [4.78, 5) is 16.0. The van der Waals surface area contributed by atoms with E-state index in [9.17, 15) is 4.79 Å². The van der Waals surface area contributed by atoms with Crippen molar-refractivity contribution < 1.29 is 14.3 Å². The Kier molecular flexibility index (Phi) is 6.14. The van der Waals surface area contributed by atoms with Crippen molar-refractivity contribution in [3.05, 3.63) is 0 Å². The maximum absolute atomic E-state index is 11.3. The molecule has 104 valence electrons. The topological polar surface area (TPSA) is 47.9 Å². The molecule has 1 aliphatic heterocycles. The van der Waals surface area contributed by atoms with Crippen LogP contribution in [0.3, 0.4) is 0 Å². The molecule has 0 radical (unpaired) electrons. The van der Waals surface area contributed by atoms with Gasteiger partial charge in [0.15, 0.2) is 5.90 Å². The normalized spacial score (nSPS) is 18.2. The molecule has 0 saturated carbocycles. The molecule has 4 nitrogen and oxygen atoms in total. The van der Waals surface area contributed by atoms with Gasteiger partial charge in [-0.25, -0.2) is 4.99 Å². The second-order valence-corrected chi connectivity index (χ2v) is 6.67. The third-order valence-corrected chi connectivity index (χ3v) is 5.89. The monoisotopic (exact) mass is 479 g/mol. The van der Waals surface area contributed by atoms with Gasteiger partial charge in [0, 0.05) is 15.3 Å². The summed E-state index contributed by atoms with van der Waals surface area (Å²) in [5.41, 5.74) is -0.299. The number of aliphatic imine (C=N–C) groups is 1. The number of carbonyl (C=O) groups excluding carboxylic acids is 1. The molecule has 6 heteroatoms. The predicted molar refractivity (Wildman–Crippen MR) is 88.9 cm³/mol. The Labute approximate surface area is 136 Å². The molecular formula is C12H19I2NO3. The molecule has 0 unspecified atom stereocenters. The number of halogens is 2. The zero-order chi connectivity index (χ0) is 13.8. The largest absolute Gasteiger partial charge is 0.478 e. The second kappa shape index (κ2) is 6.71. The minimum absolute atomic E-state index is 0.149. The first-order valence-electron chi connectivity index (χ1n) is 5.81. The summed E-state index contributed by atoms with van der Waals surface area (Å²) in [6.07, 6.45) is 1.13. The molecule has 0 N–H and O–H groups in total. The molecule has 0 saturated heterocycles. The summed E-state index contributed by atoms with van der Waals surface area (Å²) in [6.45, 7) is 4.74. The van der Waals surface area contributed by atoms with Gasteiger partial charge in [-0.05, 0) is 20.3 Å². The highest BCUT2D eigenvalue weighted by Crippen LogP contribution is 2.36. The van der Waals surface area contributed by atoms with Gasteiger partial charge in [-0.3, -0.25) is 4.79 Å². The Hall–Kier alpha value is 0.400. The van der Waals surface area contributed by atoms with E-state index in [1.807, 2.05) is 0 Å². The van der Waals surface area contributed by atoms with E-state index in [0.29, 0.717) is 13.0 Å². The molecule has 1 heterocycles. The SMILES string of the molecule is COC(=O)CCC(CI)(CI)C1=NC(C)(C)CO1. The Morgan fingerprint density at radius 3 is 2.50 bits per heavy atom. The third-order valence-electron chi connectivity index (χ3n) is 2.97. The highest BCUT2D eigenvalue weighted by Gasteiger charge is 2.41. The van der Waals surface area contributed by atoms with Crippen LogP contribution in [0.5, 0.6) is 0 Å². The lowest BCUT2D eigenvalue weighted by Gasteiger charge is -2.28. The van der Waals surface area contributed by atoms with Crippen molar-refractivity contribution in [1.82, 2.24) is 0 Å². The molecule has 0 amide bonds. The summed E-state index contributed by atoms with van der Waals surface area (Å²) < 4.78 is 12.3. The minimum Gasteiger partial charge on any atom is -0.478 e. The summed E-state index contributed by atoms with van der Waals surface area (Å²) in [6, 6.07) is 0. The Morgan fingerprint density at radius 2 is 2.11 bits per heavy atom. The van der Waals surface area contributed by atoms with Crippen LogP contribution in [-0.2, 0) is 14.3 Å². The first-order valence-corrected chi connectivity index (χ1v) is 8.86. The van der Waals surface area contributed by atoms with E-state index in [-0.39, 0.29) is 16.9 Å². The number of hydrogen-bond acceptors (Lipinski definition) is 4. The Balaban J connectivity index is 2.84. The molecule has 0 aromatic carbocycles. The number of ether oxygens (including phenoxy) is 2. The van der Waals surface area contributed by atoms with Gasteiger partial charge in [0.1, 0.15) is 6.61 Å². The van der Waals surface area contributed by atoms with E-state index in [2.05, 4.69) is 64.0 Å². The maximum atomic E-state index is 11.3. The van der Waals surface area contributed by atoms with Gasteiger partial charge in [-0.2, -0.15) is 0 Å². The number of alkyl halides is 2.